The van der Waals surface area contributed by atoms with Gasteiger partial charge < -0.3 is 9.30 Å². The molecule has 1 heterocycles. The highest BCUT2D eigenvalue weighted by Crippen LogP contribution is 2.12. The first kappa shape index (κ1) is 15.8. The predicted octanol–water partition coefficient (Wildman–Crippen LogP) is 4.09. The Labute approximate surface area is 133 Å². The number of halogens is 1. The molecular formula is C17H20BrNO2. The number of pyridine rings is 1. The number of unbranched alkanes of at least 4 members (excludes halogenated alkanes) is 1. The monoisotopic (exact) mass is 349 g/mol. The van der Waals surface area contributed by atoms with Gasteiger partial charge in [-0.3, -0.25) is 4.79 Å². The maximum absolute atomic E-state index is 11.9. The quantitative estimate of drug-likeness (QED) is 0.735. The lowest BCUT2D eigenvalue weighted by molar-refractivity contribution is 0.303. The zero-order valence-electron chi connectivity index (χ0n) is 12.4. The first-order valence-corrected chi connectivity index (χ1v) is 7.91. The van der Waals surface area contributed by atoms with Gasteiger partial charge in [0.05, 0.1) is 6.61 Å². The van der Waals surface area contributed by atoms with E-state index in [-0.39, 0.29) is 5.56 Å². The Morgan fingerprint density at radius 2 is 1.86 bits per heavy atom. The number of ether oxygens (including phenoxy) is 1. The minimum Gasteiger partial charge on any atom is -0.494 e. The number of benzene rings is 1. The molecule has 1 aromatic heterocycles. The SMILES string of the molecule is Cc1ccc(OCCCCn2cc(Br)cc(C)c2=O)cc1. The van der Waals surface area contributed by atoms with Crippen LogP contribution in [0.25, 0.3) is 0 Å². The van der Waals surface area contributed by atoms with Crippen molar-refractivity contribution in [3.8, 4) is 5.75 Å². The summed E-state index contributed by atoms with van der Waals surface area (Å²) < 4.78 is 8.38. The standard InChI is InChI=1S/C17H20BrNO2/c1-13-5-7-16(8-6-13)21-10-4-3-9-19-12-15(18)11-14(2)17(19)20/h5-8,11-12H,3-4,9-10H2,1-2H3. The fraction of sp³-hybridized carbons (Fsp3) is 0.353. The molecule has 3 nitrogen and oxygen atoms in total. The molecule has 2 rings (SSSR count). The van der Waals surface area contributed by atoms with Crippen molar-refractivity contribution in [2.75, 3.05) is 6.61 Å². The molecule has 0 atom stereocenters. The molecule has 0 fully saturated rings. The molecule has 0 amide bonds. The van der Waals surface area contributed by atoms with Crippen LogP contribution < -0.4 is 10.3 Å². The second-order valence-electron chi connectivity index (χ2n) is 5.21. The van der Waals surface area contributed by atoms with E-state index in [1.165, 1.54) is 5.56 Å². The Bertz CT molecular complexity index is 647. The van der Waals surface area contributed by atoms with Crippen molar-refractivity contribution in [2.24, 2.45) is 0 Å². The summed E-state index contributed by atoms with van der Waals surface area (Å²) in [5.41, 5.74) is 2.07. The number of rotatable bonds is 6. The molecule has 0 saturated heterocycles. The smallest absolute Gasteiger partial charge is 0.253 e. The molecule has 0 unspecified atom stereocenters. The van der Waals surface area contributed by atoms with Crippen LogP contribution in [0.2, 0.25) is 0 Å². The number of nitrogens with zero attached hydrogens (tertiary/aromatic N) is 1. The summed E-state index contributed by atoms with van der Waals surface area (Å²) >= 11 is 3.42. The van der Waals surface area contributed by atoms with Gasteiger partial charge in [0.15, 0.2) is 0 Å². The van der Waals surface area contributed by atoms with Gasteiger partial charge in [0.25, 0.3) is 5.56 Å². The summed E-state index contributed by atoms with van der Waals surface area (Å²) in [6.45, 7) is 5.28. The molecule has 0 aliphatic heterocycles. The van der Waals surface area contributed by atoms with Crippen LogP contribution in [-0.4, -0.2) is 11.2 Å². The van der Waals surface area contributed by atoms with E-state index in [0.29, 0.717) is 6.61 Å². The maximum atomic E-state index is 11.9. The topological polar surface area (TPSA) is 31.2 Å². The van der Waals surface area contributed by atoms with Gasteiger partial charge in [0.2, 0.25) is 0 Å². The molecule has 0 aliphatic carbocycles. The van der Waals surface area contributed by atoms with Crippen LogP contribution in [0.4, 0.5) is 0 Å². The van der Waals surface area contributed by atoms with Crippen molar-refractivity contribution in [2.45, 2.75) is 33.2 Å². The predicted molar refractivity (Wildman–Crippen MR) is 89.0 cm³/mol. The summed E-state index contributed by atoms with van der Waals surface area (Å²) in [5.74, 6) is 0.899. The number of hydrogen-bond donors (Lipinski definition) is 0. The molecule has 0 radical (unpaired) electrons. The first-order chi connectivity index (χ1) is 10.1. The summed E-state index contributed by atoms with van der Waals surface area (Å²) in [6, 6.07) is 9.90. The minimum atomic E-state index is 0.0812. The van der Waals surface area contributed by atoms with Gasteiger partial charge in [-0.25, -0.2) is 0 Å². The van der Waals surface area contributed by atoms with Crippen LogP contribution in [0, 0.1) is 13.8 Å². The van der Waals surface area contributed by atoms with Gasteiger partial charge in [-0.05, 0) is 60.8 Å². The number of hydrogen-bond acceptors (Lipinski definition) is 2. The van der Waals surface area contributed by atoms with Gasteiger partial charge in [-0.15, -0.1) is 0 Å². The molecule has 0 aliphatic rings. The maximum Gasteiger partial charge on any atom is 0.253 e. The van der Waals surface area contributed by atoms with Crippen molar-refractivity contribution in [3.63, 3.8) is 0 Å². The molecule has 0 bridgehead atoms. The molecule has 21 heavy (non-hydrogen) atoms. The van der Waals surface area contributed by atoms with Crippen LogP contribution in [0.3, 0.4) is 0 Å². The summed E-state index contributed by atoms with van der Waals surface area (Å²) in [7, 11) is 0. The average Bonchev–Trinajstić information content (AvgIpc) is 2.45. The van der Waals surface area contributed by atoms with E-state index >= 15 is 0 Å². The molecule has 0 N–H and O–H groups in total. The lowest BCUT2D eigenvalue weighted by atomic mass is 10.2. The van der Waals surface area contributed by atoms with Crippen molar-refractivity contribution in [1.82, 2.24) is 4.57 Å². The van der Waals surface area contributed by atoms with Gasteiger partial charge in [-0.1, -0.05) is 17.7 Å². The molecular weight excluding hydrogens is 330 g/mol. The third-order valence-corrected chi connectivity index (χ3v) is 3.75. The first-order valence-electron chi connectivity index (χ1n) is 7.12. The van der Waals surface area contributed by atoms with E-state index in [1.54, 1.807) is 4.57 Å². The zero-order valence-corrected chi connectivity index (χ0v) is 14.0. The van der Waals surface area contributed by atoms with E-state index in [4.69, 9.17) is 4.74 Å². The zero-order chi connectivity index (χ0) is 15.2. The van der Waals surface area contributed by atoms with E-state index in [2.05, 4.69) is 22.9 Å². The van der Waals surface area contributed by atoms with Gasteiger partial charge in [0, 0.05) is 22.8 Å². The van der Waals surface area contributed by atoms with Crippen molar-refractivity contribution in [1.29, 1.82) is 0 Å². The largest absolute Gasteiger partial charge is 0.494 e. The molecule has 4 heteroatoms. The summed E-state index contributed by atoms with van der Waals surface area (Å²) in [6.07, 6.45) is 3.68. The third-order valence-electron chi connectivity index (χ3n) is 3.31. The highest BCUT2D eigenvalue weighted by Gasteiger charge is 2.02. The normalized spacial score (nSPS) is 10.6. The lowest BCUT2D eigenvalue weighted by Gasteiger charge is -2.09. The number of aromatic nitrogens is 1. The van der Waals surface area contributed by atoms with E-state index in [1.807, 2.05) is 43.5 Å². The molecule has 0 spiro atoms. The fourth-order valence-electron chi connectivity index (χ4n) is 2.11. The van der Waals surface area contributed by atoms with Crippen LogP contribution in [0.5, 0.6) is 5.75 Å². The van der Waals surface area contributed by atoms with Crippen molar-refractivity contribution in [3.05, 3.63) is 62.5 Å². The second kappa shape index (κ2) is 7.46. The molecule has 2 aromatic rings. The van der Waals surface area contributed by atoms with E-state index in [0.717, 1.165) is 35.2 Å². The van der Waals surface area contributed by atoms with E-state index in [9.17, 15) is 4.79 Å². The summed E-state index contributed by atoms with van der Waals surface area (Å²) in [4.78, 5) is 11.9. The Hall–Kier alpha value is -1.55. The van der Waals surface area contributed by atoms with Crippen LogP contribution in [-0.2, 0) is 6.54 Å². The van der Waals surface area contributed by atoms with Gasteiger partial charge >= 0.3 is 0 Å². The van der Waals surface area contributed by atoms with Crippen LogP contribution >= 0.6 is 15.9 Å². The Kier molecular flexibility index (Phi) is 5.62. The van der Waals surface area contributed by atoms with Crippen LogP contribution in [0.15, 0.2) is 45.8 Å². The highest BCUT2D eigenvalue weighted by molar-refractivity contribution is 9.10. The Morgan fingerprint density at radius 3 is 2.57 bits per heavy atom. The minimum absolute atomic E-state index is 0.0812. The lowest BCUT2D eigenvalue weighted by Crippen LogP contribution is -2.21. The Balaban J connectivity index is 1.77. The highest BCUT2D eigenvalue weighted by atomic mass is 79.9. The molecule has 1 aromatic carbocycles. The Morgan fingerprint density at radius 1 is 1.14 bits per heavy atom. The third kappa shape index (κ3) is 4.74. The average molecular weight is 350 g/mol. The van der Waals surface area contributed by atoms with Crippen molar-refractivity contribution >= 4 is 15.9 Å². The van der Waals surface area contributed by atoms with Crippen molar-refractivity contribution < 1.29 is 4.74 Å². The van der Waals surface area contributed by atoms with Crippen LogP contribution in [0.1, 0.15) is 24.0 Å². The second-order valence-corrected chi connectivity index (χ2v) is 6.12. The summed E-state index contributed by atoms with van der Waals surface area (Å²) in [5, 5.41) is 0. The fourth-order valence-corrected chi connectivity index (χ4v) is 2.71. The van der Waals surface area contributed by atoms with Gasteiger partial charge in [-0.2, -0.15) is 0 Å². The van der Waals surface area contributed by atoms with Gasteiger partial charge in [0.1, 0.15) is 5.75 Å². The molecule has 0 saturated carbocycles. The van der Waals surface area contributed by atoms with E-state index < -0.39 is 0 Å². The number of aryl methyl sites for hydroxylation is 3. The molecule has 112 valence electrons.